The monoisotopic (exact) mass is 282 g/mol. The van der Waals surface area contributed by atoms with Gasteiger partial charge in [0.2, 0.25) is 5.91 Å². The van der Waals surface area contributed by atoms with Crippen LogP contribution >= 0.6 is 11.3 Å². The molecule has 0 aliphatic carbocycles. The number of carbonyl (C=O) groups excluding carboxylic acids is 1. The second kappa shape index (κ2) is 6.48. The molecule has 1 aliphatic heterocycles. The van der Waals surface area contributed by atoms with Gasteiger partial charge in [-0.05, 0) is 18.8 Å². The van der Waals surface area contributed by atoms with Gasteiger partial charge in [0.05, 0.1) is 17.1 Å². The van der Waals surface area contributed by atoms with Crippen LogP contribution in [0.5, 0.6) is 0 Å². The molecule has 1 aliphatic rings. The number of thiazole rings is 1. The molecule has 1 aromatic heterocycles. The molecule has 0 unspecified atom stereocenters. The minimum absolute atomic E-state index is 0.164. The van der Waals surface area contributed by atoms with Crippen molar-refractivity contribution >= 4 is 17.2 Å². The highest BCUT2D eigenvalue weighted by molar-refractivity contribution is 7.09. The second-order valence-electron chi connectivity index (χ2n) is 5.52. The van der Waals surface area contributed by atoms with E-state index in [0.717, 1.165) is 36.6 Å². The Bertz CT molecular complexity index is 423. The third-order valence-electron chi connectivity index (χ3n) is 3.62. The molecule has 0 aromatic carbocycles. The Morgan fingerprint density at radius 3 is 2.74 bits per heavy atom. The van der Waals surface area contributed by atoms with Crippen molar-refractivity contribution in [2.45, 2.75) is 39.0 Å². The van der Waals surface area contributed by atoms with E-state index in [1.165, 1.54) is 0 Å². The number of aromatic nitrogens is 1. The summed E-state index contributed by atoms with van der Waals surface area (Å²) >= 11 is 1.64. The Kier molecular flexibility index (Phi) is 4.93. The van der Waals surface area contributed by atoms with Crippen molar-refractivity contribution < 1.29 is 9.90 Å². The van der Waals surface area contributed by atoms with Crippen LogP contribution in [0.4, 0.5) is 0 Å². The number of hydrogen-bond acceptors (Lipinski definition) is 4. The van der Waals surface area contributed by atoms with E-state index in [9.17, 15) is 4.79 Å². The van der Waals surface area contributed by atoms with Crippen LogP contribution in [-0.2, 0) is 11.2 Å². The Morgan fingerprint density at radius 2 is 2.21 bits per heavy atom. The minimum atomic E-state index is 0.164. The van der Waals surface area contributed by atoms with Crippen molar-refractivity contribution in [2.75, 3.05) is 19.7 Å². The number of nitrogens with zero attached hydrogens (tertiary/aromatic N) is 2. The molecule has 19 heavy (non-hydrogen) atoms. The lowest BCUT2D eigenvalue weighted by atomic mass is 9.97. The van der Waals surface area contributed by atoms with Crippen LogP contribution in [0.3, 0.4) is 0 Å². The van der Waals surface area contributed by atoms with Crippen molar-refractivity contribution in [1.29, 1.82) is 0 Å². The SMILES string of the molecule is CC(C)c1nc(CC(=O)N2CCC(CO)CC2)cs1. The molecule has 2 rings (SSSR count). The summed E-state index contributed by atoms with van der Waals surface area (Å²) in [4.78, 5) is 18.6. The second-order valence-corrected chi connectivity index (χ2v) is 6.40. The summed E-state index contributed by atoms with van der Waals surface area (Å²) in [6, 6.07) is 0. The van der Waals surface area contributed by atoms with E-state index in [4.69, 9.17) is 5.11 Å². The molecule has 5 heteroatoms. The highest BCUT2D eigenvalue weighted by atomic mass is 32.1. The fraction of sp³-hybridized carbons (Fsp3) is 0.714. The predicted molar refractivity (Wildman–Crippen MR) is 76.3 cm³/mol. The van der Waals surface area contributed by atoms with E-state index in [1.807, 2.05) is 10.3 Å². The van der Waals surface area contributed by atoms with Gasteiger partial charge in [-0.25, -0.2) is 4.98 Å². The van der Waals surface area contributed by atoms with Gasteiger partial charge >= 0.3 is 0 Å². The molecular weight excluding hydrogens is 260 g/mol. The zero-order valence-electron chi connectivity index (χ0n) is 11.6. The fourth-order valence-corrected chi connectivity index (χ4v) is 3.14. The molecule has 0 atom stereocenters. The van der Waals surface area contributed by atoms with E-state index in [2.05, 4.69) is 18.8 Å². The van der Waals surface area contributed by atoms with Gasteiger partial charge in [0.25, 0.3) is 0 Å². The first kappa shape index (κ1) is 14.5. The Morgan fingerprint density at radius 1 is 1.53 bits per heavy atom. The zero-order valence-corrected chi connectivity index (χ0v) is 12.4. The average molecular weight is 282 g/mol. The Hall–Kier alpha value is -0.940. The number of carbonyl (C=O) groups is 1. The maximum atomic E-state index is 12.2. The first-order chi connectivity index (χ1) is 9.10. The third-order valence-corrected chi connectivity index (χ3v) is 4.82. The molecule has 1 amide bonds. The van der Waals surface area contributed by atoms with Gasteiger partial charge in [0.1, 0.15) is 0 Å². The fourth-order valence-electron chi connectivity index (χ4n) is 2.30. The van der Waals surface area contributed by atoms with E-state index < -0.39 is 0 Å². The molecule has 0 spiro atoms. The normalized spacial score (nSPS) is 17.2. The maximum Gasteiger partial charge on any atom is 0.228 e. The van der Waals surface area contributed by atoms with E-state index in [1.54, 1.807) is 11.3 Å². The summed E-state index contributed by atoms with van der Waals surface area (Å²) < 4.78 is 0. The Balaban J connectivity index is 1.87. The lowest BCUT2D eigenvalue weighted by Crippen LogP contribution is -2.40. The van der Waals surface area contributed by atoms with Crippen LogP contribution in [0, 0.1) is 5.92 Å². The van der Waals surface area contributed by atoms with Gasteiger partial charge in [-0.1, -0.05) is 13.8 Å². The number of aliphatic hydroxyl groups is 1. The summed E-state index contributed by atoms with van der Waals surface area (Å²) in [7, 11) is 0. The standard InChI is InChI=1S/C14H22N2O2S/c1-10(2)14-15-12(9-19-14)7-13(18)16-5-3-11(8-17)4-6-16/h9-11,17H,3-8H2,1-2H3. The largest absolute Gasteiger partial charge is 0.396 e. The predicted octanol–water partition coefficient (Wildman–Crippen LogP) is 2.04. The summed E-state index contributed by atoms with van der Waals surface area (Å²) in [6.45, 7) is 6.01. The van der Waals surface area contributed by atoms with E-state index >= 15 is 0 Å². The Labute approximate surface area is 118 Å². The number of rotatable bonds is 4. The van der Waals surface area contributed by atoms with Gasteiger partial charge in [-0.2, -0.15) is 0 Å². The van der Waals surface area contributed by atoms with E-state index in [0.29, 0.717) is 18.3 Å². The molecule has 0 radical (unpaired) electrons. The average Bonchev–Trinajstić information content (AvgIpc) is 2.87. The summed E-state index contributed by atoms with van der Waals surface area (Å²) in [5.74, 6) is 0.960. The number of likely N-dealkylation sites (tertiary alicyclic amines) is 1. The van der Waals surface area contributed by atoms with Crippen LogP contribution in [0.1, 0.15) is 43.3 Å². The zero-order chi connectivity index (χ0) is 13.8. The van der Waals surface area contributed by atoms with E-state index in [-0.39, 0.29) is 12.5 Å². The van der Waals surface area contributed by atoms with Crippen LogP contribution in [-0.4, -0.2) is 40.6 Å². The molecule has 4 nitrogen and oxygen atoms in total. The molecule has 1 aromatic rings. The molecule has 2 heterocycles. The third kappa shape index (κ3) is 3.76. The number of amides is 1. The van der Waals surface area contributed by atoms with Crippen molar-refractivity contribution in [3.63, 3.8) is 0 Å². The number of piperidine rings is 1. The van der Waals surface area contributed by atoms with Gasteiger partial charge in [-0.3, -0.25) is 4.79 Å². The van der Waals surface area contributed by atoms with Crippen LogP contribution < -0.4 is 0 Å². The highest BCUT2D eigenvalue weighted by Gasteiger charge is 2.22. The highest BCUT2D eigenvalue weighted by Crippen LogP contribution is 2.21. The smallest absolute Gasteiger partial charge is 0.228 e. The van der Waals surface area contributed by atoms with Crippen LogP contribution in [0.2, 0.25) is 0 Å². The molecule has 1 fully saturated rings. The summed E-state index contributed by atoms with van der Waals surface area (Å²) in [5.41, 5.74) is 0.892. The summed E-state index contributed by atoms with van der Waals surface area (Å²) in [6.07, 6.45) is 2.24. The quantitative estimate of drug-likeness (QED) is 0.919. The summed E-state index contributed by atoms with van der Waals surface area (Å²) in [5, 5.41) is 12.2. The molecule has 0 bridgehead atoms. The number of aliphatic hydroxyl groups excluding tert-OH is 1. The first-order valence-corrected chi connectivity index (χ1v) is 7.81. The van der Waals surface area contributed by atoms with Gasteiger partial charge < -0.3 is 10.0 Å². The number of hydrogen-bond donors (Lipinski definition) is 1. The maximum absolute atomic E-state index is 12.2. The van der Waals surface area contributed by atoms with Crippen molar-refractivity contribution in [3.05, 3.63) is 16.1 Å². The van der Waals surface area contributed by atoms with Gasteiger partial charge in [0, 0.05) is 31.0 Å². The first-order valence-electron chi connectivity index (χ1n) is 6.93. The molecule has 1 saturated heterocycles. The van der Waals surface area contributed by atoms with Gasteiger partial charge in [0.15, 0.2) is 0 Å². The minimum Gasteiger partial charge on any atom is -0.396 e. The molecule has 0 saturated carbocycles. The lowest BCUT2D eigenvalue weighted by molar-refractivity contribution is -0.132. The molecule has 1 N–H and O–H groups in total. The topological polar surface area (TPSA) is 53.4 Å². The van der Waals surface area contributed by atoms with Gasteiger partial charge in [-0.15, -0.1) is 11.3 Å². The molecular formula is C14H22N2O2S. The van der Waals surface area contributed by atoms with Crippen molar-refractivity contribution in [2.24, 2.45) is 5.92 Å². The van der Waals surface area contributed by atoms with Crippen molar-refractivity contribution in [1.82, 2.24) is 9.88 Å². The lowest BCUT2D eigenvalue weighted by Gasteiger charge is -2.31. The van der Waals surface area contributed by atoms with Crippen LogP contribution in [0.25, 0.3) is 0 Å². The van der Waals surface area contributed by atoms with Crippen molar-refractivity contribution in [3.8, 4) is 0 Å². The molecule has 106 valence electrons. The van der Waals surface area contributed by atoms with Crippen LogP contribution in [0.15, 0.2) is 5.38 Å².